The second kappa shape index (κ2) is 3.47. The van der Waals surface area contributed by atoms with Crippen molar-refractivity contribution >= 4 is 0 Å². The summed E-state index contributed by atoms with van der Waals surface area (Å²) >= 11 is 0. The van der Waals surface area contributed by atoms with Crippen molar-refractivity contribution in [2.24, 2.45) is 0 Å². The van der Waals surface area contributed by atoms with Crippen LogP contribution in [0, 0.1) is 0 Å². The van der Waals surface area contributed by atoms with E-state index in [9.17, 15) is 13.2 Å². The molecular formula is C8H11F3O. The van der Waals surface area contributed by atoms with Gasteiger partial charge in [0.25, 0.3) is 0 Å². The van der Waals surface area contributed by atoms with E-state index in [4.69, 9.17) is 5.11 Å². The predicted molar refractivity (Wildman–Crippen MR) is 38.6 cm³/mol. The van der Waals surface area contributed by atoms with Gasteiger partial charge >= 0.3 is 6.18 Å². The quantitative estimate of drug-likeness (QED) is 0.647. The van der Waals surface area contributed by atoms with Crippen molar-refractivity contribution in [2.75, 3.05) is 0 Å². The van der Waals surface area contributed by atoms with Crippen LogP contribution in [0.5, 0.6) is 0 Å². The van der Waals surface area contributed by atoms with E-state index in [1.54, 1.807) is 6.08 Å². The molecule has 1 rings (SSSR count). The lowest BCUT2D eigenvalue weighted by atomic mass is 10.1. The lowest BCUT2D eigenvalue weighted by molar-refractivity contribution is -0.203. The van der Waals surface area contributed by atoms with Crippen molar-refractivity contribution in [2.45, 2.75) is 38.0 Å². The summed E-state index contributed by atoms with van der Waals surface area (Å²) in [5.74, 6) is 0. The monoisotopic (exact) mass is 180 g/mol. The van der Waals surface area contributed by atoms with Crippen LogP contribution in [0.15, 0.2) is 11.6 Å². The Kier molecular flexibility index (Phi) is 2.77. The van der Waals surface area contributed by atoms with Gasteiger partial charge in [0.2, 0.25) is 0 Å². The standard InChI is InChI=1S/C8H11F3O/c9-8(10,11)7(12)5-6-3-1-2-4-6/h3,7,12H,1-2,4-5H2. The van der Waals surface area contributed by atoms with Crippen molar-refractivity contribution in [3.8, 4) is 0 Å². The molecular weight excluding hydrogens is 169 g/mol. The molecule has 0 amide bonds. The van der Waals surface area contributed by atoms with Crippen LogP contribution in [0.2, 0.25) is 0 Å². The fourth-order valence-corrected chi connectivity index (χ4v) is 1.29. The Morgan fingerprint density at radius 3 is 2.58 bits per heavy atom. The molecule has 1 aliphatic rings. The highest BCUT2D eigenvalue weighted by atomic mass is 19.4. The molecule has 0 heterocycles. The topological polar surface area (TPSA) is 20.2 Å². The summed E-state index contributed by atoms with van der Waals surface area (Å²) in [7, 11) is 0. The first-order valence-corrected chi connectivity index (χ1v) is 3.93. The molecule has 1 nitrogen and oxygen atoms in total. The van der Waals surface area contributed by atoms with Gasteiger partial charge in [0.1, 0.15) is 0 Å². The van der Waals surface area contributed by atoms with Crippen LogP contribution in [-0.4, -0.2) is 17.4 Å². The zero-order chi connectivity index (χ0) is 9.19. The molecule has 0 aromatic heterocycles. The molecule has 12 heavy (non-hydrogen) atoms. The molecule has 0 aliphatic heterocycles. The maximum Gasteiger partial charge on any atom is 0.414 e. The number of hydrogen-bond acceptors (Lipinski definition) is 1. The summed E-state index contributed by atoms with van der Waals surface area (Å²) in [6, 6.07) is 0. The maximum absolute atomic E-state index is 11.8. The number of alkyl halides is 3. The first-order chi connectivity index (χ1) is 5.50. The lowest BCUT2D eigenvalue weighted by Gasteiger charge is -2.14. The first-order valence-electron chi connectivity index (χ1n) is 3.93. The normalized spacial score (nSPS) is 20.8. The number of allylic oxidation sites excluding steroid dienone is 1. The molecule has 0 aromatic carbocycles. The van der Waals surface area contributed by atoms with Crippen molar-refractivity contribution in [1.82, 2.24) is 0 Å². The van der Waals surface area contributed by atoms with Crippen LogP contribution >= 0.6 is 0 Å². The average Bonchev–Trinajstić information content (AvgIpc) is 2.37. The minimum absolute atomic E-state index is 0.247. The highest BCUT2D eigenvalue weighted by Gasteiger charge is 2.38. The third kappa shape index (κ3) is 2.52. The van der Waals surface area contributed by atoms with Gasteiger partial charge in [-0.3, -0.25) is 0 Å². The van der Waals surface area contributed by atoms with Gasteiger partial charge in [-0.15, -0.1) is 0 Å². The Morgan fingerprint density at radius 2 is 2.17 bits per heavy atom. The lowest BCUT2D eigenvalue weighted by Crippen LogP contribution is -2.28. The van der Waals surface area contributed by atoms with E-state index in [2.05, 4.69) is 0 Å². The number of aliphatic hydroxyl groups excluding tert-OH is 1. The SMILES string of the molecule is OC(CC1=CCCC1)C(F)(F)F. The van der Waals surface area contributed by atoms with Crippen molar-refractivity contribution < 1.29 is 18.3 Å². The Labute approximate surface area is 68.9 Å². The molecule has 0 radical (unpaired) electrons. The van der Waals surface area contributed by atoms with Gasteiger partial charge in [0, 0.05) is 6.42 Å². The molecule has 0 aromatic rings. The second-order valence-corrected chi connectivity index (χ2v) is 3.02. The molecule has 1 atom stereocenters. The highest BCUT2D eigenvalue weighted by Crippen LogP contribution is 2.29. The van der Waals surface area contributed by atoms with Gasteiger partial charge in [-0.05, 0) is 19.3 Å². The zero-order valence-electron chi connectivity index (χ0n) is 6.56. The Morgan fingerprint density at radius 1 is 1.50 bits per heavy atom. The molecule has 1 N–H and O–H groups in total. The Hall–Kier alpha value is -0.510. The Bertz CT molecular complexity index is 183. The van der Waals surface area contributed by atoms with Crippen LogP contribution in [-0.2, 0) is 0 Å². The average molecular weight is 180 g/mol. The summed E-state index contributed by atoms with van der Waals surface area (Å²) < 4.78 is 35.5. The molecule has 0 saturated heterocycles. The summed E-state index contributed by atoms with van der Waals surface area (Å²) in [5, 5.41) is 8.68. The van der Waals surface area contributed by atoms with E-state index in [1.807, 2.05) is 0 Å². The van der Waals surface area contributed by atoms with E-state index < -0.39 is 12.3 Å². The Balaban J connectivity index is 2.40. The van der Waals surface area contributed by atoms with Crippen LogP contribution in [0.1, 0.15) is 25.7 Å². The van der Waals surface area contributed by atoms with Gasteiger partial charge in [-0.1, -0.05) is 11.6 Å². The first kappa shape index (κ1) is 9.58. The van der Waals surface area contributed by atoms with Crippen LogP contribution < -0.4 is 0 Å². The predicted octanol–water partition coefficient (Wildman–Crippen LogP) is 2.41. The van der Waals surface area contributed by atoms with Gasteiger partial charge in [-0.25, -0.2) is 0 Å². The molecule has 1 aliphatic carbocycles. The highest BCUT2D eigenvalue weighted by molar-refractivity contribution is 5.08. The number of halogens is 3. The van der Waals surface area contributed by atoms with Crippen molar-refractivity contribution in [3.05, 3.63) is 11.6 Å². The minimum Gasteiger partial charge on any atom is -0.383 e. The van der Waals surface area contributed by atoms with E-state index in [-0.39, 0.29) is 6.42 Å². The van der Waals surface area contributed by atoms with Gasteiger partial charge in [0.15, 0.2) is 6.10 Å². The maximum atomic E-state index is 11.8. The molecule has 0 fully saturated rings. The molecule has 0 saturated carbocycles. The molecule has 0 bridgehead atoms. The van der Waals surface area contributed by atoms with E-state index in [0.717, 1.165) is 18.4 Å². The van der Waals surface area contributed by atoms with Crippen LogP contribution in [0.3, 0.4) is 0 Å². The van der Waals surface area contributed by atoms with Crippen molar-refractivity contribution in [3.63, 3.8) is 0 Å². The minimum atomic E-state index is -4.47. The summed E-state index contributed by atoms with van der Waals surface area (Å²) in [5.41, 5.74) is 0.736. The van der Waals surface area contributed by atoms with E-state index in [1.165, 1.54) is 0 Å². The van der Waals surface area contributed by atoms with Gasteiger partial charge in [-0.2, -0.15) is 13.2 Å². The molecule has 70 valence electrons. The summed E-state index contributed by atoms with van der Waals surface area (Å²) in [6.07, 6.45) is -2.64. The third-order valence-corrected chi connectivity index (χ3v) is 1.97. The largest absolute Gasteiger partial charge is 0.414 e. The fourth-order valence-electron chi connectivity index (χ4n) is 1.29. The van der Waals surface area contributed by atoms with Crippen molar-refractivity contribution in [1.29, 1.82) is 0 Å². The molecule has 4 heteroatoms. The fraction of sp³-hybridized carbons (Fsp3) is 0.750. The van der Waals surface area contributed by atoms with Crippen LogP contribution in [0.4, 0.5) is 13.2 Å². The second-order valence-electron chi connectivity index (χ2n) is 3.02. The number of hydrogen-bond donors (Lipinski definition) is 1. The zero-order valence-corrected chi connectivity index (χ0v) is 6.56. The third-order valence-electron chi connectivity index (χ3n) is 1.97. The summed E-state index contributed by atoms with van der Waals surface area (Å²) in [4.78, 5) is 0. The number of aliphatic hydroxyl groups is 1. The van der Waals surface area contributed by atoms with E-state index in [0.29, 0.717) is 6.42 Å². The smallest absolute Gasteiger partial charge is 0.383 e. The molecule has 0 spiro atoms. The number of rotatable bonds is 2. The van der Waals surface area contributed by atoms with Gasteiger partial charge < -0.3 is 5.11 Å². The summed E-state index contributed by atoms with van der Waals surface area (Å²) in [6.45, 7) is 0. The van der Waals surface area contributed by atoms with E-state index >= 15 is 0 Å². The van der Waals surface area contributed by atoms with Crippen LogP contribution in [0.25, 0.3) is 0 Å². The van der Waals surface area contributed by atoms with Gasteiger partial charge in [0.05, 0.1) is 0 Å². The molecule has 1 unspecified atom stereocenters.